The van der Waals surface area contributed by atoms with Gasteiger partial charge in [0.15, 0.2) is 0 Å². The van der Waals surface area contributed by atoms with Gasteiger partial charge in [0.2, 0.25) is 0 Å². The van der Waals surface area contributed by atoms with Crippen molar-refractivity contribution in [1.29, 1.82) is 0 Å². The maximum Gasteiger partial charge on any atom is 0.261 e. The van der Waals surface area contributed by atoms with E-state index < -0.39 is 5.60 Å². The van der Waals surface area contributed by atoms with Crippen LogP contribution in [0.3, 0.4) is 0 Å². The van der Waals surface area contributed by atoms with Crippen molar-refractivity contribution in [2.75, 3.05) is 27.2 Å². The van der Waals surface area contributed by atoms with Crippen LogP contribution in [0.2, 0.25) is 0 Å². The van der Waals surface area contributed by atoms with Crippen LogP contribution >= 0.6 is 0 Å². The number of nitrogens with zero attached hydrogens (tertiary/aromatic N) is 2. The molecule has 1 aromatic rings. The Hall–Kier alpha value is -1.72. The van der Waals surface area contributed by atoms with Crippen molar-refractivity contribution in [2.45, 2.75) is 12.5 Å². The topological polar surface area (TPSA) is 60.9 Å². The molecule has 0 saturated carbocycles. The number of amides is 2. The second-order valence-corrected chi connectivity index (χ2v) is 5.48. The second kappa shape index (κ2) is 4.75. The molecule has 2 amide bonds. The molecule has 0 fully saturated rings. The summed E-state index contributed by atoms with van der Waals surface area (Å²) >= 11 is 0. The van der Waals surface area contributed by atoms with Crippen molar-refractivity contribution in [3.05, 3.63) is 35.4 Å². The van der Waals surface area contributed by atoms with Crippen LogP contribution in [-0.2, 0) is 0 Å². The number of carbonyl (C=O) groups is 2. The number of β-amino-alcohol motifs (C(OH)–C–C–N with tert-alkyl or cyclic N) is 1. The van der Waals surface area contributed by atoms with E-state index >= 15 is 0 Å². The lowest BCUT2D eigenvalue weighted by Gasteiger charge is -2.30. The van der Waals surface area contributed by atoms with E-state index in [9.17, 15) is 14.7 Å². The number of rotatable bonds is 4. The molecule has 1 aliphatic rings. The number of hydrogen-bond acceptors (Lipinski definition) is 4. The average molecular weight is 262 g/mol. The normalized spacial score (nSPS) is 17.8. The van der Waals surface area contributed by atoms with E-state index in [1.807, 2.05) is 19.0 Å². The van der Waals surface area contributed by atoms with Crippen molar-refractivity contribution in [3.8, 4) is 0 Å². The first-order chi connectivity index (χ1) is 8.82. The van der Waals surface area contributed by atoms with Crippen LogP contribution in [0.25, 0.3) is 0 Å². The van der Waals surface area contributed by atoms with Crippen molar-refractivity contribution in [1.82, 2.24) is 9.80 Å². The molecule has 1 aliphatic heterocycles. The monoisotopic (exact) mass is 262 g/mol. The van der Waals surface area contributed by atoms with Crippen LogP contribution in [0, 0.1) is 0 Å². The highest BCUT2D eigenvalue weighted by atomic mass is 16.3. The van der Waals surface area contributed by atoms with Crippen molar-refractivity contribution < 1.29 is 14.7 Å². The average Bonchev–Trinajstić information content (AvgIpc) is 2.53. The fourth-order valence-electron chi connectivity index (χ4n) is 2.45. The highest BCUT2D eigenvalue weighted by molar-refractivity contribution is 6.21. The van der Waals surface area contributed by atoms with Gasteiger partial charge in [0.05, 0.1) is 23.3 Å². The number of carbonyl (C=O) groups excluding carboxylic acids is 2. The van der Waals surface area contributed by atoms with Crippen molar-refractivity contribution in [2.24, 2.45) is 0 Å². The van der Waals surface area contributed by atoms with Gasteiger partial charge >= 0.3 is 0 Å². The smallest absolute Gasteiger partial charge is 0.261 e. The van der Waals surface area contributed by atoms with Gasteiger partial charge in [-0.2, -0.15) is 0 Å². The number of hydrogen-bond donors (Lipinski definition) is 1. The third-order valence-corrected chi connectivity index (χ3v) is 3.03. The molecule has 102 valence electrons. The number of likely N-dealkylation sites (N-methyl/N-ethyl adjacent to an activating group) is 1. The van der Waals surface area contributed by atoms with Crippen LogP contribution in [0.15, 0.2) is 24.3 Å². The molecular formula is C14H18N2O3. The molecule has 0 radical (unpaired) electrons. The lowest BCUT2D eigenvalue weighted by Crippen LogP contribution is -2.49. The van der Waals surface area contributed by atoms with Gasteiger partial charge in [0.1, 0.15) is 0 Å². The Balaban J connectivity index is 2.21. The van der Waals surface area contributed by atoms with E-state index in [1.165, 1.54) is 0 Å². The largest absolute Gasteiger partial charge is 0.387 e. The van der Waals surface area contributed by atoms with Gasteiger partial charge in [-0.1, -0.05) is 12.1 Å². The summed E-state index contributed by atoms with van der Waals surface area (Å²) in [6, 6.07) is 6.73. The molecule has 1 unspecified atom stereocenters. The van der Waals surface area contributed by atoms with Gasteiger partial charge in [-0.3, -0.25) is 14.5 Å². The Bertz CT molecular complexity index is 488. The van der Waals surface area contributed by atoms with Crippen molar-refractivity contribution in [3.63, 3.8) is 0 Å². The molecule has 5 heteroatoms. The number of fused-ring (bicyclic) bond motifs is 1. The predicted octanol–water partition coefficient (Wildman–Crippen LogP) is 0.595. The molecule has 1 atom stereocenters. The molecule has 19 heavy (non-hydrogen) atoms. The molecule has 5 nitrogen and oxygen atoms in total. The van der Waals surface area contributed by atoms with Crippen LogP contribution in [0.1, 0.15) is 27.6 Å². The fourth-order valence-corrected chi connectivity index (χ4v) is 2.45. The first-order valence-electron chi connectivity index (χ1n) is 6.14. The van der Waals surface area contributed by atoms with Crippen LogP contribution in [0.5, 0.6) is 0 Å². The number of aliphatic hydroxyl groups is 1. The van der Waals surface area contributed by atoms with Crippen LogP contribution in [-0.4, -0.2) is 59.5 Å². The summed E-state index contributed by atoms with van der Waals surface area (Å²) in [6.07, 6.45) is 0. The highest BCUT2D eigenvalue weighted by Gasteiger charge is 2.39. The maximum atomic E-state index is 12.2. The summed E-state index contributed by atoms with van der Waals surface area (Å²) in [4.78, 5) is 27.2. The molecule has 1 N–H and O–H groups in total. The molecule has 0 saturated heterocycles. The minimum absolute atomic E-state index is 0.00245. The summed E-state index contributed by atoms with van der Waals surface area (Å²) in [5.41, 5.74) is -0.307. The molecule has 0 spiro atoms. The lowest BCUT2D eigenvalue weighted by atomic mass is 10.1. The number of benzene rings is 1. The molecule has 0 aromatic heterocycles. The van der Waals surface area contributed by atoms with E-state index in [0.717, 1.165) is 4.90 Å². The third-order valence-electron chi connectivity index (χ3n) is 3.03. The van der Waals surface area contributed by atoms with Gasteiger partial charge in [-0.15, -0.1) is 0 Å². The summed E-state index contributed by atoms with van der Waals surface area (Å²) < 4.78 is 0. The molecule has 0 aliphatic carbocycles. The Morgan fingerprint density at radius 1 is 1.16 bits per heavy atom. The second-order valence-electron chi connectivity index (χ2n) is 5.48. The Kier molecular flexibility index (Phi) is 3.43. The minimum Gasteiger partial charge on any atom is -0.387 e. The molecule has 1 aromatic carbocycles. The summed E-state index contributed by atoms with van der Waals surface area (Å²) in [7, 11) is 3.66. The maximum absolute atomic E-state index is 12.2. The van der Waals surface area contributed by atoms with Gasteiger partial charge < -0.3 is 10.0 Å². The van der Waals surface area contributed by atoms with Gasteiger partial charge in [0, 0.05) is 6.54 Å². The molecule has 0 bridgehead atoms. The SMILES string of the molecule is CN(C)CC(C)(O)CN1C(=O)c2ccccc2C1=O. The predicted molar refractivity (Wildman–Crippen MR) is 71.0 cm³/mol. The lowest BCUT2D eigenvalue weighted by molar-refractivity contribution is 0.00474. The van der Waals surface area contributed by atoms with E-state index in [1.54, 1.807) is 31.2 Å². The quantitative estimate of drug-likeness (QED) is 0.807. The standard InChI is InChI=1S/C14H18N2O3/c1-14(19,8-15(2)3)9-16-12(17)10-6-4-5-7-11(10)13(16)18/h4-7,19H,8-9H2,1-3H3. The van der Waals surface area contributed by atoms with Crippen molar-refractivity contribution >= 4 is 11.8 Å². The highest BCUT2D eigenvalue weighted by Crippen LogP contribution is 2.24. The Morgan fingerprint density at radius 2 is 1.63 bits per heavy atom. The number of imide groups is 1. The first kappa shape index (κ1) is 13.7. The van der Waals surface area contributed by atoms with E-state index in [0.29, 0.717) is 17.7 Å². The van der Waals surface area contributed by atoms with E-state index in [2.05, 4.69) is 0 Å². The van der Waals surface area contributed by atoms with Gasteiger partial charge in [0.25, 0.3) is 11.8 Å². The molecule has 2 rings (SSSR count). The van der Waals surface area contributed by atoms with E-state index in [4.69, 9.17) is 0 Å². The summed E-state index contributed by atoms with van der Waals surface area (Å²) in [5, 5.41) is 10.3. The van der Waals surface area contributed by atoms with E-state index in [-0.39, 0.29) is 18.4 Å². The van der Waals surface area contributed by atoms with Crippen LogP contribution in [0.4, 0.5) is 0 Å². The van der Waals surface area contributed by atoms with Gasteiger partial charge in [-0.05, 0) is 33.2 Å². The summed E-state index contributed by atoms with van der Waals surface area (Å²) in [6.45, 7) is 1.99. The molecular weight excluding hydrogens is 244 g/mol. The molecule has 1 heterocycles. The zero-order valence-electron chi connectivity index (χ0n) is 11.4. The fraction of sp³-hybridized carbons (Fsp3) is 0.429. The zero-order valence-corrected chi connectivity index (χ0v) is 11.4. The Morgan fingerprint density at radius 3 is 2.05 bits per heavy atom. The third kappa shape index (κ3) is 2.67. The first-order valence-corrected chi connectivity index (χ1v) is 6.14. The van der Waals surface area contributed by atoms with Crippen LogP contribution < -0.4 is 0 Å². The summed E-state index contributed by atoms with van der Waals surface area (Å²) in [5.74, 6) is -0.667. The van der Waals surface area contributed by atoms with Gasteiger partial charge in [-0.25, -0.2) is 0 Å². The minimum atomic E-state index is -1.13. The Labute approximate surface area is 112 Å². The zero-order chi connectivity index (χ0) is 14.2.